The molecule has 6 heteroatoms. The van der Waals surface area contributed by atoms with Crippen LogP contribution in [0.4, 0.5) is 0 Å². The Morgan fingerprint density at radius 2 is 1.58 bits per heavy atom. The molecule has 0 aliphatic heterocycles. The van der Waals surface area contributed by atoms with Crippen molar-refractivity contribution in [2.75, 3.05) is 19.8 Å². The molecule has 2 rings (SSSR count). The van der Waals surface area contributed by atoms with Gasteiger partial charge in [-0.3, -0.25) is 0 Å². The summed E-state index contributed by atoms with van der Waals surface area (Å²) in [5.74, 6) is 1.38. The molecule has 0 aliphatic rings. The maximum absolute atomic E-state index is 12.2. The van der Waals surface area contributed by atoms with Crippen molar-refractivity contribution >= 4 is 10.0 Å². The molecule has 0 aromatic heterocycles. The van der Waals surface area contributed by atoms with E-state index in [4.69, 9.17) is 9.47 Å². The summed E-state index contributed by atoms with van der Waals surface area (Å²) in [6.45, 7) is 6.92. The van der Waals surface area contributed by atoms with Crippen molar-refractivity contribution in [2.45, 2.75) is 25.7 Å². The Balaban J connectivity index is 1.87. The number of aryl methyl sites for hydroxylation is 2. The minimum Gasteiger partial charge on any atom is -0.494 e. The van der Waals surface area contributed by atoms with E-state index in [0.717, 1.165) is 11.3 Å². The highest BCUT2D eigenvalue weighted by molar-refractivity contribution is 7.89. The van der Waals surface area contributed by atoms with Gasteiger partial charge in [-0.25, -0.2) is 13.1 Å². The number of hydrogen-bond acceptors (Lipinski definition) is 4. The molecule has 0 radical (unpaired) electrons. The molecule has 2 aromatic rings. The first-order chi connectivity index (χ1) is 11.4. The summed E-state index contributed by atoms with van der Waals surface area (Å²) >= 11 is 0. The molecule has 0 amide bonds. The normalized spacial score (nSPS) is 11.3. The summed E-state index contributed by atoms with van der Waals surface area (Å²) in [4.78, 5) is 0.206. The van der Waals surface area contributed by atoms with Crippen LogP contribution in [0.25, 0.3) is 0 Å². The fraction of sp³-hybridized carbons (Fsp3) is 0.333. The van der Waals surface area contributed by atoms with Gasteiger partial charge in [-0.05, 0) is 68.3 Å². The second-order valence-corrected chi connectivity index (χ2v) is 7.16. The third-order valence-corrected chi connectivity index (χ3v) is 5.06. The SMILES string of the molecule is CCOc1ccc(S(=O)(=O)NCCOc2ccc(C)c(C)c2)cc1. The van der Waals surface area contributed by atoms with Crippen LogP contribution in [-0.2, 0) is 10.0 Å². The second kappa shape index (κ2) is 8.17. The first-order valence-corrected chi connectivity index (χ1v) is 9.33. The van der Waals surface area contributed by atoms with Gasteiger partial charge in [0.25, 0.3) is 0 Å². The Hall–Kier alpha value is -2.05. The molecule has 0 saturated heterocycles. The molecular weight excluding hydrogens is 326 g/mol. The lowest BCUT2D eigenvalue weighted by molar-refractivity contribution is 0.322. The fourth-order valence-corrected chi connectivity index (χ4v) is 3.13. The number of nitrogens with one attached hydrogen (secondary N) is 1. The fourth-order valence-electron chi connectivity index (χ4n) is 2.11. The van der Waals surface area contributed by atoms with Crippen molar-refractivity contribution in [3.05, 3.63) is 53.6 Å². The average Bonchev–Trinajstić information content (AvgIpc) is 2.56. The lowest BCUT2D eigenvalue weighted by Gasteiger charge is -2.10. The Morgan fingerprint density at radius 3 is 2.21 bits per heavy atom. The second-order valence-electron chi connectivity index (χ2n) is 5.40. The van der Waals surface area contributed by atoms with Crippen molar-refractivity contribution in [2.24, 2.45) is 0 Å². The van der Waals surface area contributed by atoms with Crippen LogP contribution in [0, 0.1) is 13.8 Å². The van der Waals surface area contributed by atoms with E-state index < -0.39 is 10.0 Å². The van der Waals surface area contributed by atoms with Gasteiger partial charge in [-0.2, -0.15) is 0 Å². The highest BCUT2D eigenvalue weighted by Crippen LogP contribution is 2.17. The zero-order valence-corrected chi connectivity index (χ0v) is 15.0. The first-order valence-electron chi connectivity index (χ1n) is 7.85. The summed E-state index contributed by atoms with van der Waals surface area (Å²) in [6.07, 6.45) is 0. The standard InChI is InChI=1S/C18H23NO4S/c1-4-22-16-7-9-18(10-8-16)24(20,21)19-11-12-23-17-6-5-14(2)15(3)13-17/h5-10,13,19H,4,11-12H2,1-3H3. The summed E-state index contributed by atoms with van der Waals surface area (Å²) in [6, 6.07) is 12.1. The van der Waals surface area contributed by atoms with Gasteiger partial charge in [0.15, 0.2) is 0 Å². The molecule has 0 fully saturated rings. The molecule has 1 N–H and O–H groups in total. The lowest BCUT2D eigenvalue weighted by atomic mass is 10.1. The van der Waals surface area contributed by atoms with Crippen LogP contribution in [0.1, 0.15) is 18.1 Å². The molecule has 0 unspecified atom stereocenters. The van der Waals surface area contributed by atoms with Gasteiger partial charge in [0.1, 0.15) is 18.1 Å². The highest BCUT2D eigenvalue weighted by atomic mass is 32.2. The monoisotopic (exact) mass is 349 g/mol. The van der Waals surface area contributed by atoms with E-state index in [1.54, 1.807) is 12.1 Å². The van der Waals surface area contributed by atoms with Gasteiger partial charge < -0.3 is 9.47 Å². The van der Waals surface area contributed by atoms with E-state index in [1.165, 1.54) is 17.7 Å². The number of rotatable bonds is 8. The third-order valence-electron chi connectivity index (χ3n) is 3.59. The van der Waals surface area contributed by atoms with Crippen molar-refractivity contribution < 1.29 is 17.9 Å². The zero-order valence-electron chi connectivity index (χ0n) is 14.2. The molecule has 5 nitrogen and oxygen atoms in total. The molecule has 0 heterocycles. The molecule has 2 aromatic carbocycles. The van der Waals surface area contributed by atoms with Crippen LogP contribution in [0.5, 0.6) is 11.5 Å². The van der Waals surface area contributed by atoms with Crippen LogP contribution in [0.2, 0.25) is 0 Å². The van der Waals surface area contributed by atoms with Gasteiger partial charge in [0.2, 0.25) is 10.0 Å². The maximum atomic E-state index is 12.2. The summed E-state index contributed by atoms with van der Waals surface area (Å²) in [7, 11) is -3.55. The van der Waals surface area contributed by atoms with Crippen LogP contribution in [0.3, 0.4) is 0 Å². The zero-order chi connectivity index (χ0) is 17.6. The summed E-state index contributed by atoms with van der Waals surface area (Å²) in [5.41, 5.74) is 2.33. The van der Waals surface area contributed by atoms with Gasteiger partial charge in [-0.15, -0.1) is 0 Å². The molecule has 0 aliphatic carbocycles. The Bertz CT molecular complexity index is 770. The summed E-state index contributed by atoms with van der Waals surface area (Å²) in [5, 5.41) is 0. The Kier molecular flexibility index (Phi) is 6.23. The minimum atomic E-state index is -3.55. The predicted molar refractivity (Wildman–Crippen MR) is 94.2 cm³/mol. The largest absolute Gasteiger partial charge is 0.494 e. The van der Waals surface area contributed by atoms with E-state index in [-0.39, 0.29) is 18.0 Å². The highest BCUT2D eigenvalue weighted by Gasteiger charge is 2.13. The van der Waals surface area contributed by atoms with Crippen molar-refractivity contribution in [1.29, 1.82) is 0 Å². The van der Waals surface area contributed by atoms with Gasteiger partial charge in [0, 0.05) is 6.54 Å². The molecule has 24 heavy (non-hydrogen) atoms. The van der Waals surface area contributed by atoms with Crippen molar-refractivity contribution in [3.8, 4) is 11.5 Å². The molecule has 0 spiro atoms. The number of hydrogen-bond donors (Lipinski definition) is 1. The van der Waals surface area contributed by atoms with Gasteiger partial charge in [-0.1, -0.05) is 6.07 Å². The van der Waals surface area contributed by atoms with Crippen LogP contribution >= 0.6 is 0 Å². The molecular formula is C18H23NO4S. The van der Waals surface area contributed by atoms with E-state index >= 15 is 0 Å². The van der Waals surface area contributed by atoms with Gasteiger partial charge >= 0.3 is 0 Å². The Labute approximate surface area is 143 Å². The lowest BCUT2D eigenvalue weighted by Crippen LogP contribution is -2.28. The maximum Gasteiger partial charge on any atom is 0.240 e. The quantitative estimate of drug-likeness (QED) is 0.744. The van der Waals surface area contributed by atoms with Crippen LogP contribution in [-0.4, -0.2) is 28.2 Å². The van der Waals surface area contributed by atoms with E-state index in [9.17, 15) is 8.42 Å². The molecule has 130 valence electrons. The van der Waals surface area contributed by atoms with E-state index in [1.807, 2.05) is 39.0 Å². The first kappa shape index (κ1) is 18.3. The molecule has 0 atom stereocenters. The van der Waals surface area contributed by atoms with Crippen molar-refractivity contribution in [3.63, 3.8) is 0 Å². The van der Waals surface area contributed by atoms with Gasteiger partial charge in [0.05, 0.1) is 11.5 Å². The molecule has 0 bridgehead atoms. The smallest absolute Gasteiger partial charge is 0.240 e. The van der Waals surface area contributed by atoms with Crippen molar-refractivity contribution in [1.82, 2.24) is 4.72 Å². The number of benzene rings is 2. The summed E-state index contributed by atoms with van der Waals surface area (Å²) < 4.78 is 37.8. The average molecular weight is 349 g/mol. The van der Waals surface area contributed by atoms with Crippen LogP contribution in [0.15, 0.2) is 47.4 Å². The predicted octanol–water partition coefficient (Wildman–Crippen LogP) is 3.06. The minimum absolute atomic E-state index is 0.197. The van der Waals surface area contributed by atoms with E-state index in [0.29, 0.717) is 12.4 Å². The topological polar surface area (TPSA) is 64.6 Å². The third kappa shape index (κ3) is 4.97. The Morgan fingerprint density at radius 1 is 0.917 bits per heavy atom. The van der Waals surface area contributed by atoms with E-state index in [2.05, 4.69) is 4.72 Å². The molecule has 0 saturated carbocycles. The number of ether oxygens (including phenoxy) is 2. The van der Waals surface area contributed by atoms with Crippen LogP contribution < -0.4 is 14.2 Å². The number of sulfonamides is 1.